The summed E-state index contributed by atoms with van der Waals surface area (Å²) in [5.41, 5.74) is 4.45. The standard InChI is InChI=1S/C23H19N3O6/c27-21(26-10-13(11-26)22(28)29)19-9-20(32-25-19)24-23(30)31-12-18-16-7-3-1-5-14(16)15-6-2-4-8-17(15)18/h1-9,13,18H,10-12H2,(H,24,30)(H,28,29). The predicted molar refractivity (Wildman–Crippen MR) is 112 cm³/mol. The second kappa shape index (κ2) is 7.84. The maximum absolute atomic E-state index is 12.3. The molecule has 2 aromatic carbocycles. The zero-order valence-corrected chi connectivity index (χ0v) is 16.9. The van der Waals surface area contributed by atoms with Gasteiger partial charge in [-0.2, -0.15) is 0 Å². The summed E-state index contributed by atoms with van der Waals surface area (Å²) in [4.78, 5) is 36.8. The number of hydrogen-bond donors (Lipinski definition) is 2. The molecule has 0 saturated carbocycles. The second-order valence-corrected chi connectivity index (χ2v) is 7.77. The lowest BCUT2D eigenvalue weighted by Crippen LogP contribution is -2.53. The van der Waals surface area contributed by atoms with E-state index in [4.69, 9.17) is 14.4 Å². The van der Waals surface area contributed by atoms with Gasteiger partial charge in [-0.05, 0) is 22.3 Å². The highest BCUT2D eigenvalue weighted by molar-refractivity contribution is 5.95. The highest BCUT2D eigenvalue weighted by Crippen LogP contribution is 2.44. The number of aliphatic carboxylic acids is 1. The molecule has 2 amide bonds. The van der Waals surface area contributed by atoms with E-state index < -0.39 is 23.9 Å². The third kappa shape index (κ3) is 3.47. The first-order valence-corrected chi connectivity index (χ1v) is 10.1. The minimum atomic E-state index is -0.938. The molecule has 9 nitrogen and oxygen atoms in total. The Morgan fingerprint density at radius 3 is 2.31 bits per heavy atom. The summed E-state index contributed by atoms with van der Waals surface area (Å²) in [5, 5.41) is 15.0. The van der Waals surface area contributed by atoms with Crippen molar-refractivity contribution < 1.29 is 28.8 Å². The van der Waals surface area contributed by atoms with Gasteiger partial charge in [-0.1, -0.05) is 53.7 Å². The Bertz CT molecular complexity index is 1170. The molecule has 3 aromatic rings. The van der Waals surface area contributed by atoms with Crippen LogP contribution in [0.2, 0.25) is 0 Å². The number of carboxylic acid groups (broad SMARTS) is 1. The number of anilines is 1. The molecule has 0 spiro atoms. The molecule has 0 unspecified atom stereocenters. The van der Waals surface area contributed by atoms with Crippen LogP contribution >= 0.6 is 0 Å². The monoisotopic (exact) mass is 433 g/mol. The van der Waals surface area contributed by atoms with Gasteiger partial charge in [0, 0.05) is 25.1 Å². The lowest BCUT2D eigenvalue weighted by atomic mass is 9.98. The lowest BCUT2D eigenvalue weighted by molar-refractivity contribution is -0.146. The first-order valence-electron chi connectivity index (χ1n) is 10.1. The Hall–Kier alpha value is -4.14. The van der Waals surface area contributed by atoms with Gasteiger partial charge >= 0.3 is 12.1 Å². The second-order valence-electron chi connectivity index (χ2n) is 7.77. The number of likely N-dealkylation sites (tertiary alicyclic amines) is 1. The molecule has 5 rings (SSSR count). The predicted octanol–water partition coefficient (Wildman–Crippen LogP) is 3.19. The van der Waals surface area contributed by atoms with Crippen molar-refractivity contribution in [3.8, 4) is 11.1 Å². The summed E-state index contributed by atoms with van der Waals surface area (Å²) in [6.07, 6.45) is -0.725. The van der Waals surface area contributed by atoms with Crippen molar-refractivity contribution in [3.05, 3.63) is 71.4 Å². The van der Waals surface area contributed by atoms with Gasteiger partial charge in [0.25, 0.3) is 5.91 Å². The Balaban J connectivity index is 1.20. The molecule has 9 heteroatoms. The number of amides is 2. The van der Waals surface area contributed by atoms with Crippen LogP contribution in [-0.2, 0) is 9.53 Å². The number of carbonyl (C=O) groups excluding carboxylic acids is 2. The van der Waals surface area contributed by atoms with Crippen LogP contribution in [0.25, 0.3) is 11.1 Å². The number of nitrogens with zero attached hydrogens (tertiary/aromatic N) is 2. The van der Waals surface area contributed by atoms with Gasteiger partial charge in [0.15, 0.2) is 5.69 Å². The number of rotatable bonds is 5. The van der Waals surface area contributed by atoms with Crippen LogP contribution in [0.5, 0.6) is 0 Å². The van der Waals surface area contributed by atoms with E-state index in [9.17, 15) is 14.4 Å². The van der Waals surface area contributed by atoms with Crippen molar-refractivity contribution in [2.75, 3.05) is 25.0 Å². The van der Waals surface area contributed by atoms with Crippen molar-refractivity contribution in [1.82, 2.24) is 10.1 Å². The quantitative estimate of drug-likeness (QED) is 0.634. The maximum atomic E-state index is 12.3. The molecule has 0 atom stereocenters. The van der Waals surface area contributed by atoms with E-state index in [1.807, 2.05) is 36.4 Å². The number of hydrogen-bond acceptors (Lipinski definition) is 6. The Kier molecular flexibility index (Phi) is 4.85. The van der Waals surface area contributed by atoms with Gasteiger partial charge in [0.1, 0.15) is 6.61 Å². The van der Waals surface area contributed by atoms with Crippen LogP contribution in [0.1, 0.15) is 27.5 Å². The van der Waals surface area contributed by atoms with Crippen LogP contribution in [0.4, 0.5) is 10.7 Å². The van der Waals surface area contributed by atoms with Gasteiger partial charge in [-0.15, -0.1) is 0 Å². The van der Waals surface area contributed by atoms with Crippen LogP contribution in [0.15, 0.2) is 59.1 Å². The van der Waals surface area contributed by atoms with E-state index in [1.165, 1.54) is 11.0 Å². The van der Waals surface area contributed by atoms with E-state index in [1.54, 1.807) is 0 Å². The fourth-order valence-electron chi connectivity index (χ4n) is 4.13. The fourth-order valence-corrected chi connectivity index (χ4v) is 4.13. The van der Waals surface area contributed by atoms with E-state index in [-0.39, 0.29) is 37.2 Å². The topological polar surface area (TPSA) is 122 Å². The van der Waals surface area contributed by atoms with Crippen LogP contribution in [-0.4, -0.2) is 52.8 Å². The number of ether oxygens (including phenoxy) is 1. The molecule has 2 aliphatic rings. The van der Waals surface area contributed by atoms with E-state index in [2.05, 4.69) is 22.6 Å². The summed E-state index contributed by atoms with van der Waals surface area (Å²) < 4.78 is 10.4. The number of benzene rings is 2. The first kappa shape index (κ1) is 19.8. The van der Waals surface area contributed by atoms with Crippen molar-refractivity contribution in [2.45, 2.75) is 5.92 Å². The number of aromatic nitrogens is 1. The molecular formula is C23H19N3O6. The third-order valence-corrected chi connectivity index (χ3v) is 5.82. The van der Waals surface area contributed by atoms with E-state index >= 15 is 0 Å². The summed E-state index contributed by atoms with van der Waals surface area (Å²) in [6.45, 7) is 0.385. The van der Waals surface area contributed by atoms with E-state index in [0.717, 1.165) is 22.3 Å². The van der Waals surface area contributed by atoms with Crippen molar-refractivity contribution in [1.29, 1.82) is 0 Å². The molecule has 2 heterocycles. The number of carboxylic acids is 1. The van der Waals surface area contributed by atoms with Gasteiger partial charge in [0.05, 0.1) is 5.92 Å². The zero-order valence-electron chi connectivity index (χ0n) is 16.9. The van der Waals surface area contributed by atoms with Crippen LogP contribution < -0.4 is 5.32 Å². The zero-order chi connectivity index (χ0) is 22.2. The Labute approximate surface area is 182 Å². The highest BCUT2D eigenvalue weighted by atomic mass is 16.6. The smallest absolute Gasteiger partial charge is 0.414 e. The molecular weight excluding hydrogens is 414 g/mol. The summed E-state index contributed by atoms with van der Waals surface area (Å²) in [7, 11) is 0. The van der Waals surface area contributed by atoms with Crippen LogP contribution in [0.3, 0.4) is 0 Å². The van der Waals surface area contributed by atoms with Gasteiger partial charge < -0.3 is 19.3 Å². The number of fused-ring (bicyclic) bond motifs is 3. The van der Waals surface area contributed by atoms with Crippen molar-refractivity contribution in [3.63, 3.8) is 0 Å². The largest absolute Gasteiger partial charge is 0.481 e. The van der Waals surface area contributed by atoms with Crippen molar-refractivity contribution >= 4 is 23.9 Å². The SMILES string of the molecule is O=C(Nc1cc(C(=O)N2CC(C(=O)O)C2)no1)OCC1c2ccccc2-c2ccccc21. The molecule has 0 bridgehead atoms. The van der Waals surface area contributed by atoms with Gasteiger partial charge in [-0.25, -0.2) is 4.79 Å². The summed E-state index contributed by atoms with van der Waals surface area (Å²) in [6, 6.07) is 17.3. The normalized spacial score (nSPS) is 14.9. The molecule has 1 aliphatic heterocycles. The molecule has 162 valence electrons. The van der Waals surface area contributed by atoms with E-state index in [0.29, 0.717) is 0 Å². The average Bonchev–Trinajstić information content (AvgIpc) is 3.33. The van der Waals surface area contributed by atoms with Crippen molar-refractivity contribution in [2.24, 2.45) is 5.92 Å². The molecule has 1 fully saturated rings. The summed E-state index contributed by atoms with van der Waals surface area (Å²) >= 11 is 0. The lowest BCUT2D eigenvalue weighted by Gasteiger charge is -2.35. The highest BCUT2D eigenvalue weighted by Gasteiger charge is 2.37. The Morgan fingerprint density at radius 1 is 1.06 bits per heavy atom. The Morgan fingerprint density at radius 2 is 1.69 bits per heavy atom. The van der Waals surface area contributed by atoms with Gasteiger partial charge in [-0.3, -0.25) is 14.9 Å². The molecule has 1 saturated heterocycles. The fraction of sp³-hybridized carbons (Fsp3) is 0.217. The summed E-state index contributed by atoms with van der Waals surface area (Å²) in [5.74, 6) is -2.06. The van der Waals surface area contributed by atoms with Gasteiger partial charge in [0.2, 0.25) is 5.88 Å². The number of carbonyl (C=O) groups is 3. The minimum Gasteiger partial charge on any atom is -0.481 e. The maximum Gasteiger partial charge on any atom is 0.414 e. The third-order valence-electron chi connectivity index (χ3n) is 5.82. The molecule has 0 radical (unpaired) electrons. The first-order chi connectivity index (χ1) is 15.5. The average molecular weight is 433 g/mol. The molecule has 1 aliphatic carbocycles. The number of nitrogens with one attached hydrogen (secondary N) is 1. The van der Waals surface area contributed by atoms with Crippen LogP contribution in [0, 0.1) is 5.92 Å². The minimum absolute atomic E-state index is 0.0113. The molecule has 32 heavy (non-hydrogen) atoms. The molecule has 1 aromatic heterocycles. The molecule has 2 N–H and O–H groups in total.